The van der Waals surface area contributed by atoms with Crippen molar-refractivity contribution in [2.75, 3.05) is 4.90 Å². The molecule has 1 aliphatic rings. The van der Waals surface area contributed by atoms with Crippen LogP contribution in [0.4, 0.5) is 17.1 Å². The topological polar surface area (TPSA) is 12.5 Å². The van der Waals surface area contributed by atoms with Crippen LogP contribution < -0.4 is 9.64 Å². The number of hydrogen-bond acceptors (Lipinski definition) is 2. The Morgan fingerprint density at radius 1 is 0.340 bits per heavy atom. The van der Waals surface area contributed by atoms with Gasteiger partial charge in [0.25, 0.3) is 0 Å². The molecule has 0 atom stereocenters. The third-order valence-corrected chi connectivity index (χ3v) is 10.6. The highest BCUT2D eigenvalue weighted by Crippen LogP contribution is 2.53. The maximum atomic E-state index is 6.75. The highest BCUT2D eigenvalue weighted by molar-refractivity contribution is 5.95. The van der Waals surface area contributed by atoms with Crippen LogP contribution in [-0.2, 0) is 0 Å². The summed E-state index contributed by atoms with van der Waals surface area (Å²) in [5.41, 5.74) is 11.7. The standard InChI is InChI=1S/C51H35NO/c1-3-12-35(13-4-1)37-22-28-42(29-23-37)52(43-30-24-38(25-31-43)36-14-5-2-6-15-36)44-19-11-18-41(34-44)49-50-45-20-9-7-16-39(45)26-32-47(50)53-48-33-27-40-17-8-10-21-46(40)51(48)49/h1-34,49H. The molecule has 1 aliphatic heterocycles. The third-order valence-electron chi connectivity index (χ3n) is 10.6. The van der Waals surface area contributed by atoms with Crippen molar-refractivity contribution in [3.8, 4) is 33.8 Å². The molecule has 0 bridgehead atoms. The zero-order valence-corrected chi connectivity index (χ0v) is 29.1. The van der Waals surface area contributed by atoms with Gasteiger partial charge >= 0.3 is 0 Å². The van der Waals surface area contributed by atoms with Gasteiger partial charge in [0.1, 0.15) is 11.5 Å². The van der Waals surface area contributed by atoms with Gasteiger partial charge in [-0.1, -0.05) is 158 Å². The summed E-state index contributed by atoms with van der Waals surface area (Å²) >= 11 is 0. The smallest absolute Gasteiger partial charge is 0.132 e. The Kier molecular flexibility index (Phi) is 7.58. The maximum Gasteiger partial charge on any atom is 0.132 e. The lowest BCUT2D eigenvalue weighted by Crippen LogP contribution is -2.14. The molecule has 0 saturated heterocycles. The lowest BCUT2D eigenvalue weighted by molar-refractivity contribution is 0.456. The molecule has 0 fully saturated rings. The van der Waals surface area contributed by atoms with Gasteiger partial charge in [-0.25, -0.2) is 0 Å². The second-order valence-electron chi connectivity index (χ2n) is 13.7. The molecule has 0 spiro atoms. The van der Waals surface area contributed by atoms with Crippen LogP contribution in [0.2, 0.25) is 0 Å². The van der Waals surface area contributed by atoms with Crippen molar-refractivity contribution in [1.29, 1.82) is 0 Å². The fraction of sp³-hybridized carbons (Fsp3) is 0.0196. The summed E-state index contributed by atoms with van der Waals surface area (Å²) in [6, 6.07) is 74.1. The van der Waals surface area contributed by atoms with E-state index in [1.807, 2.05) is 0 Å². The Hall–Kier alpha value is -6.90. The molecule has 250 valence electrons. The van der Waals surface area contributed by atoms with Crippen molar-refractivity contribution in [2.45, 2.75) is 5.92 Å². The van der Waals surface area contributed by atoms with Crippen molar-refractivity contribution >= 4 is 38.6 Å². The Morgan fingerprint density at radius 2 is 0.792 bits per heavy atom. The minimum absolute atomic E-state index is 0.0475. The second kappa shape index (κ2) is 13.0. The minimum Gasteiger partial charge on any atom is -0.457 e. The van der Waals surface area contributed by atoms with Crippen molar-refractivity contribution in [2.24, 2.45) is 0 Å². The molecule has 0 saturated carbocycles. The van der Waals surface area contributed by atoms with Gasteiger partial charge in [-0.15, -0.1) is 0 Å². The fourth-order valence-electron chi connectivity index (χ4n) is 8.08. The summed E-state index contributed by atoms with van der Waals surface area (Å²) in [6.45, 7) is 0. The molecule has 0 aromatic heterocycles. The van der Waals surface area contributed by atoms with Gasteiger partial charge in [-0.2, -0.15) is 0 Å². The van der Waals surface area contributed by atoms with E-state index >= 15 is 0 Å². The number of hydrogen-bond donors (Lipinski definition) is 0. The summed E-state index contributed by atoms with van der Waals surface area (Å²) in [7, 11) is 0. The van der Waals surface area contributed by atoms with E-state index in [0.717, 1.165) is 28.6 Å². The van der Waals surface area contributed by atoms with Gasteiger partial charge in [0.15, 0.2) is 0 Å². The molecule has 0 unspecified atom stereocenters. The van der Waals surface area contributed by atoms with Crippen molar-refractivity contribution in [3.63, 3.8) is 0 Å². The summed E-state index contributed by atoms with van der Waals surface area (Å²) in [5.74, 6) is 1.77. The van der Waals surface area contributed by atoms with Crippen LogP contribution in [0.3, 0.4) is 0 Å². The van der Waals surface area contributed by atoms with E-state index in [9.17, 15) is 0 Å². The van der Waals surface area contributed by atoms with Crippen LogP contribution >= 0.6 is 0 Å². The van der Waals surface area contributed by atoms with Crippen LogP contribution in [0.25, 0.3) is 43.8 Å². The highest BCUT2D eigenvalue weighted by atomic mass is 16.5. The van der Waals surface area contributed by atoms with E-state index < -0.39 is 0 Å². The monoisotopic (exact) mass is 677 g/mol. The summed E-state index contributed by atoms with van der Waals surface area (Å²) < 4.78 is 6.75. The van der Waals surface area contributed by atoms with E-state index in [1.165, 1.54) is 60.5 Å². The number of nitrogens with zero attached hydrogens (tertiary/aromatic N) is 1. The summed E-state index contributed by atoms with van der Waals surface area (Å²) in [4.78, 5) is 2.38. The van der Waals surface area contributed by atoms with Crippen LogP contribution in [0.15, 0.2) is 206 Å². The van der Waals surface area contributed by atoms with Crippen molar-refractivity contribution in [3.05, 3.63) is 223 Å². The van der Waals surface area contributed by atoms with Gasteiger partial charge in [0.2, 0.25) is 0 Å². The number of anilines is 3. The van der Waals surface area contributed by atoms with Gasteiger partial charge < -0.3 is 9.64 Å². The highest BCUT2D eigenvalue weighted by Gasteiger charge is 2.32. The van der Waals surface area contributed by atoms with Gasteiger partial charge in [-0.3, -0.25) is 0 Å². The van der Waals surface area contributed by atoms with Gasteiger partial charge in [0.05, 0.1) is 0 Å². The van der Waals surface area contributed by atoms with Crippen molar-refractivity contribution in [1.82, 2.24) is 0 Å². The Bertz CT molecular complexity index is 2570. The normalized spacial score (nSPS) is 12.2. The quantitative estimate of drug-likeness (QED) is 0.174. The molecular formula is C51H35NO. The number of benzene rings is 9. The maximum absolute atomic E-state index is 6.75. The zero-order valence-electron chi connectivity index (χ0n) is 29.1. The minimum atomic E-state index is -0.0475. The molecule has 0 N–H and O–H groups in total. The number of fused-ring (bicyclic) bond motifs is 6. The van der Waals surface area contributed by atoms with E-state index in [0.29, 0.717) is 0 Å². The Labute approximate surface area is 309 Å². The SMILES string of the molecule is c1ccc(-c2ccc(N(c3ccc(-c4ccccc4)cc3)c3cccc(C4c5c(ccc6ccccc56)Oc5ccc6ccccc6c54)c3)cc2)cc1. The summed E-state index contributed by atoms with van der Waals surface area (Å²) in [6.07, 6.45) is 0. The molecule has 0 radical (unpaired) electrons. The first-order valence-corrected chi connectivity index (χ1v) is 18.2. The molecule has 2 heteroatoms. The summed E-state index contributed by atoms with van der Waals surface area (Å²) in [5, 5.41) is 4.84. The molecule has 9 aromatic rings. The van der Waals surface area contributed by atoms with Crippen LogP contribution in [0.5, 0.6) is 11.5 Å². The first-order chi connectivity index (χ1) is 26.3. The van der Waals surface area contributed by atoms with E-state index in [4.69, 9.17) is 4.74 Å². The predicted molar refractivity (Wildman–Crippen MR) is 221 cm³/mol. The first kappa shape index (κ1) is 30.9. The largest absolute Gasteiger partial charge is 0.457 e. The lowest BCUT2D eigenvalue weighted by Gasteiger charge is -2.32. The molecule has 2 nitrogen and oxygen atoms in total. The fourth-order valence-corrected chi connectivity index (χ4v) is 8.08. The van der Waals surface area contributed by atoms with E-state index in [2.05, 4.69) is 211 Å². The lowest BCUT2D eigenvalue weighted by atomic mass is 9.78. The molecule has 9 aromatic carbocycles. The molecule has 53 heavy (non-hydrogen) atoms. The molecule has 1 heterocycles. The van der Waals surface area contributed by atoms with E-state index in [1.54, 1.807) is 0 Å². The zero-order chi connectivity index (χ0) is 35.1. The second-order valence-corrected chi connectivity index (χ2v) is 13.7. The molecular weight excluding hydrogens is 643 g/mol. The third kappa shape index (κ3) is 5.53. The number of ether oxygens (including phenoxy) is 1. The molecule has 10 rings (SSSR count). The van der Waals surface area contributed by atoms with Crippen LogP contribution in [0, 0.1) is 0 Å². The van der Waals surface area contributed by atoms with Gasteiger partial charge in [-0.05, 0) is 97.9 Å². The van der Waals surface area contributed by atoms with E-state index in [-0.39, 0.29) is 5.92 Å². The average Bonchev–Trinajstić information content (AvgIpc) is 3.24. The average molecular weight is 678 g/mol. The van der Waals surface area contributed by atoms with Crippen LogP contribution in [-0.4, -0.2) is 0 Å². The number of rotatable bonds is 6. The van der Waals surface area contributed by atoms with Crippen molar-refractivity contribution < 1.29 is 4.74 Å². The Balaban J connectivity index is 1.16. The molecule has 0 amide bonds. The molecule has 0 aliphatic carbocycles. The van der Waals surface area contributed by atoms with Crippen LogP contribution in [0.1, 0.15) is 22.6 Å². The predicted octanol–water partition coefficient (Wildman–Crippen LogP) is 14.1. The van der Waals surface area contributed by atoms with Gasteiger partial charge in [0, 0.05) is 34.1 Å². The first-order valence-electron chi connectivity index (χ1n) is 18.2. The Morgan fingerprint density at radius 3 is 1.30 bits per heavy atom.